The van der Waals surface area contributed by atoms with E-state index in [1.165, 1.54) is 0 Å². The van der Waals surface area contributed by atoms with E-state index < -0.39 is 6.10 Å². The molecule has 10 heteroatoms. The standard InChI is InChI=1S/C24H27N5O5/c1-31-19-10-15-16(11-20(19)32-2)27-24(28-22(15)25)29-9-5-6-14(12-29)26-23(30)21-13-33-17-7-3-4-8-18(17)34-21/h3-4,7-8,10-11,14,21H,5-6,9,12-13H2,1-2H3,(H,26,30)(H2,25,27,28)/t14-,21?/m1/s1. The van der Waals surface area contributed by atoms with Crippen molar-refractivity contribution in [2.45, 2.75) is 25.0 Å². The third kappa shape index (κ3) is 4.18. The minimum Gasteiger partial charge on any atom is -0.493 e. The topological polar surface area (TPSA) is 121 Å². The maximum atomic E-state index is 12.9. The average Bonchev–Trinajstić information content (AvgIpc) is 2.87. The van der Waals surface area contributed by atoms with Gasteiger partial charge in [-0.15, -0.1) is 0 Å². The summed E-state index contributed by atoms with van der Waals surface area (Å²) in [5.74, 6) is 3.04. The summed E-state index contributed by atoms with van der Waals surface area (Å²) in [6, 6.07) is 10.8. The summed E-state index contributed by atoms with van der Waals surface area (Å²) in [5.41, 5.74) is 6.92. The van der Waals surface area contributed by atoms with Gasteiger partial charge in [-0.2, -0.15) is 4.98 Å². The third-order valence-electron chi connectivity index (χ3n) is 6.07. The summed E-state index contributed by atoms with van der Waals surface area (Å²) in [4.78, 5) is 24.1. The van der Waals surface area contributed by atoms with Gasteiger partial charge in [-0.25, -0.2) is 4.98 Å². The van der Waals surface area contributed by atoms with Gasteiger partial charge in [-0.05, 0) is 31.0 Å². The average molecular weight is 466 g/mol. The van der Waals surface area contributed by atoms with E-state index in [4.69, 9.17) is 29.7 Å². The van der Waals surface area contributed by atoms with Crippen LogP contribution >= 0.6 is 0 Å². The summed E-state index contributed by atoms with van der Waals surface area (Å²) in [5, 5.41) is 3.79. The Kier molecular flexibility index (Phi) is 5.87. The molecule has 1 unspecified atom stereocenters. The largest absolute Gasteiger partial charge is 0.493 e. The number of nitrogens with two attached hydrogens (primary N) is 1. The molecule has 0 saturated carbocycles. The van der Waals surface area contributed by atoms with Crippen LogP contribution in [0.4, 0.5) is 11.8 Å². The van der Waals surface area contributed by atoms with Crippen molar-refractivity contribution in [1.82, 2.24) is 15.3 Å². The number of anilines is 2. The lowest BCUT2D eigenvalue weighted by Gasteiger charge is -2.34. The highest BCUT2D eigenvalue weighted by Crippen LogP contribution is 2.34. The first-order valence-corrected chi connectivity index (χ1v) is 11.2. The Balaban J connectivity index is 1.30. The van der Waals surface area contributed by atoms with Gasteiger partial charge < -0.3 is 34.9 Å². The SMILES string of the molecule is COc1cc2nc(N3CCC[C@@H](NC(=O)C4COc5ccccc5O4)C3)nc(N)c2cc1OC. The van der Waals surface area contributed by atoms with Crippen LogP contribution < -0.4 is 34.9 Å². The van der Waals surface area contributed by atoms with E-state index in [1.807, 2.05) is 23.1 Å². The van der Waals surface area contributed by atoms with Crippen molar-refractivity contribution in [1.29, 1.82) is 0 Å². The maximum Gasteiger partial charge on any atom is 0.264 e. The number of carbonyl (C=O) groups is 1. The molecule has 1 aromatic heterocycles. The van der Waals surface area contributed by atoms with Crippen LogP contribution in [0.15, 0.2) is 36.4 Å². The fourth-order valence-electron chi connectivity index (χ4n) is 4.33. The van der Waals surface area contributed by atoms with Gasteiger partial charge >= 0.3 is 0 Å². The molecular formula is C24H27N5O5. The van der Waals surface area contributed by atoms with Crippen LogP contribution in [0.5, 0.6) is 23.0 Å². The molecule has 1 saturated heterocycles. The molecule has 178 valence electrons. The minimum atomic E-state index is -0.694. The van der Waals surface area contributed by atoms with Gasteiger partial charge in [0.1, 0.15) is 12.4 Å². The van der Waals surface area contributed by atoms with Crippen molar-refractivity contribution < 1.29 is 23.7 Å². The monoisotopic (exact) mass is 465 g/mol. The number of rotatable bonds is 5. The van der Waals surface area contributed by atoms with Crippen LogP contribution in [0.1, 0.15) is 12.8 Å². The summed E-state index contributed by atoms with van der Waals surface area (Å²) in [7, 11) is 3.15. The summed E-state index contributed by atoms with van der Waals surface area (Å²) in [6.45, 7) is 1.50. The molecule has 0 bridgehead atoms. The Morgan fingerprint density at radius 3 is 2.71 bits per heavy atom. The van der Waals surface area contributed by atoms with Crippen LogP contribution in [-0.2, 0) is 4.79 Å². The molecule has 2 aliphatic heterocycles. The molecule has 10 nitrogen and oxygen atoms in total. The number of para-hydroxylation sites is 2. The van der Waals surface area contributed by atoms with Crippen molar-refractivity contribution in [3.63, 3.8) is 0 Å². The van der Waals surface area contributed by atoms with Crippen LogP contribution in [0.2, 0.25) is 0 Å². The lowest BCUT2D eigenvalue weighted by atomic mass is 10.1. The summed E-state index contributed by atoms with van der Waals surface area (Å²) >= 11 is 0. The van der Waals surface area contributed by atoms with Gasteiger partial charge in [0.2, 0.25) is 12.1 Å². The second-order valence-electron chi connectivity index (χ2n) is 8.29. The molecule has 3 aromatic rings. The number of nitrogen functional groups attached to an aromatic ring is 1. The van der Waals surface area contributed by atoms with Crippen LogP contribution in [-0.4, -0.2) is 61.9 Å². The Morgan fingerprint density at radius 1 is 1.15 bits per heavy atom. The smallest absolute Gasteiger partial charge is 0.264 e. The van der Waals surface area contributed by atoms with Gasteiger partial charge in [0, 0.05) is 30.6 Å². The van der Waals surface area contributed by atoms with E-state index in [1.54, 1.807) is 32.4 Å². The number of hydrogen-bond acceptors (Lipinski definition) is 9. The number of fused-ring (bicyclic) bond motifs is 2. The van der Waals surface area contributed by atoms with Crippen molar-refractivity contribution in [3.8, 4) is 23.0 Å². The van der Waals surface area contributed by atoms with Crippen LogP contribution in [0.25, 0.3) is 10.9 Å². The number of carbonyl (C=O) groups excluding carboxylic acids is 1. The lowest BCUT2D eigenvalue weighted by molar-refractivity contribution is -0.131. The van der Waals surface area contributed by atoms with Gasteiger partial charge in [-0.3, -0.25) is 4.79 Å². The number of nitrogens with one attached hydrogen (secondary N) is 1. The number of ether oxygens (including phenoxy) is 4. The molecule has 3 heterocycles. The molecule has 2 aliphatic rings. The minimum absolute atomic E-state index is 0.0760. The Bertz CT molecular complexity index is 1220. The molecule has 2 aromatic carbocycles. The molecule has 5 rings (SSSR count). The second-order valence-corrected chi connectivity index (χ2v) is 8.29. The molecular weight excluding hydrogens is 438 g/mol. The van der Waals surface area contributed by atoms with E-state index in [2.05, 4.69) is 10.3 Å². The number of hydrogen-bond donors (Lipinski definition) is 2. The second kappa shape index (κ2) is 9.12. The highest BCUT2D eigenvalue weighted by atomic mass is 16.6. The number of benzene rings is 2. The Labute approximate surface area is 197 Å². The first-order valence-electron chi connectivity index (χ1n) is 11.2. The molecule has 3 N–H and O–H groups in total. The molecule has 0 spiro atoms. The van der Waals surface area contributed by atoms with Gasteiger partial charge in [0.25, 0.3) is 5.91 Å². The highest BCUT2D eigenvalue weighted by Gasteiger charge is 2.31. The number of aromatic nitrogens is 2. The zero-order chi connectivity index (χ0) is 23.7. The quantitative estimate of drug-likeness (QED) is 0.584. The van der Waals surface area contributed by atoms with Crippen molar-refractivity contribution in [3.05, 3.63) is 36.4 Å². The first kappa shape index (κ1) is 21.9. The van der Waals surface area contributed by atoms with Crippen LogP contribution in [0.3, 0.4) is 0 Å². The normalized spacial score (nSPS) is 19.5. The molecule has 34 heavy (non-hydrogen) atoms. The third-order valence-corrected chi connectivity index (χ3v) is 6.07. The summed E-state index contributed by atoms with van der Waals surface area (Å²) < 4.78 is 22.3. The van der Waals surface area contributed by atoms with Gasteiger partial charge in [0.15, 0.2) is 23.0 Å². The predicted molar refractivity (Wildman–Crippen MR) is 127 cm³/mol. The van der Waals surface area contributed by atoms with E-state index in [9.17, 15) is 4.79 Å². The highest BCUT2D eigenvalue weighted by molar-refractivity contribution is 5.91. The lowest BCUT2D eigenvalue weighted by Crippen LogP contribution is -2.53. The maximum absolute atomic E-state index is 12.9. The fourth-order valence-corrected chi connectivity index (χ4v) is 4.33. The predicted octanol–water partition coefficient (Wildman–Crippen LogP) is 2.15. The van der Waals surface area contributed by atoms with E-state index in [-0.39, 0.29) is 18.6 Å². The number of amides is 1. The zero-order valence-electron chi connectivity index (χ0n) is 19.1. The zero-order valence-corrected chi connectivity index (χ0v) is 19.1. The van der Waals surface area contributed by atoms with E-state index in [0.717, 1.165) is 19.4 Å². The molecule has 1 amide bonds. The van der Waals surface area contributed by atoms with E-state index >= 15 is 0 Å². The Morgan fingerprint density at radius 2 is 1.91 bits per heavy atom. The Hall–Kier alpha value is -3.95. The number of nitrogens with zero attached hydrogens (tertiary/aromatic N) is 3. The first-order chi connectivity index (χ1) is 16.6. The molecule has 0 radical (unpaired) electrons. The van der Waals surface area contributed by atoms with Crippen LogP contribution in [0, 0.1) is 0 Å². The molecule has 0 aliphatic carbocycles. The summed E-state index contributed by atoms with van der Waals surface area (Å²) in [6.07, 6.45) is 1.03. The van der Waals surface area contributed by atoms with Crippen molar-refractivity contribution in [2.75, 3.05) is 44.5 Å². The van der Waals surface area contributed by atoms with E-state index in [0.29, 0.717) is 52.2 Å². The fraction of sp³-hybridized carbons (Fsp3) is 0.375. The van der Waals surface area contributed by atoms with Gasteiger partial charge in [0.05, 0.1) is 19.7 Å². The van der Waals surface area contributed by atoms with Gasteiger partial charge in [-0.1, -0.05) is 12.1 Å². The number of methoxy groups -OCH3 is 2. The molecule has 1 fully saturated rings. The molecule has 2 atom stereocenters. The van der Waals surface area contributed by atoms with Crippen molar-refractivity contribution in [2.24, 2.45) is 0 Å². The number of piperidine rings is 1. The van der Waals surface area contributed by atoms with Crippen molar-refractivity contribution >= 4 is 28.6 Å².